The highest BCUT2D eigenvalue weighted by molar-refractivity contribution is 8.00. The first-order valence-electron chi connectivity index (χ1n) is 7.20. The number of hydrogen-bond acceptors (Lipinski definition) is 3. The third-order valence-corrected chi connectivity index (χ3v) is 5.65. The summed E-state index contributed by atoms with van der Waals surface area (Å²) in [7, 11) is 0. The predicted molar refractivity (Wildman–Crippen MR) is 88.1 cm³/mol. The highest BCUT2D eigenvalue weighted by Crippen LogP contribution is 2.29. The molecule has 1 unspecified atom stereocenters. The first-order chi connectivity index (χ1) is 9.62. The maximum atomic E-state index is 12.4. The summed E-state index contributed by atoms with van der Waals surface area (Å²) in [5.74, 6) is -0.233. The van der Waals surface area contributed by atoms with Gasteiger partial charge in [-0.3, -0.25) is 4.79 Å². The third-order valence-electron chi connectivity index (χ3n) is 4.06. The second-order valence-electron chi connectivity index (χ2n) is 5.01. The van der Waals surface area contributed by atoms with Crippen molar-refractivity contribution in [2.45, 2.75) is 37.4 Å². The molecule has 0 aliphatic heterocycles. The molecule has 0 fully saturated rings. The Labute approximate surface area is 126 Å². The summed E-state index contributed by atoms with van der Waals surface area (Å²) in [5.41, 5.74) is 6.76. The topological polar surface area (TPSA) is 55.1 Å². The van der Waals surface area contributed by atoms with Gasteiger partial charge in [-0.15, -0.1) is 0 Å². The van der Waals surface area contributed by atoms with Gasteiger partial charge in [-0.05, 0) is 24.7 Å². The number of carbonyl (C=O) groups excluding carboxylic acids is 1. The van der Waals surface area contributed by atoms with Crippen molar-refractivity contribution in [3.05, 3.63) is 35.9 Å². The van der Waals surface area contributed by atoms with E-state index >= 15 is 0 Å². The Bertz CT molecular complexity index is 396. The standard InChI is InChI=1S/C16H26N2OS/c1-4-16(5-2,20-3)12-18-15(19)14(11-17)13-9-7-6-8-10-13/h6-10,14H,4-5,11-12,17H2,1-3H3,(H,18,19). The van der Waals surface area contributed by atoms with Crippen LogP contribution < -0.4 is 11.1 Å². The van der Waals surface area contributed by atoms with Gasteiger partial charge in [-0.2, -0.15) is 11.8 Å². The quantitative estimate of drug-likeness (QED) is 0.775. The van der Waals surface area contributed by atoms with Crippen LogP contribution in [-0.4, -0.2) is 30.0 Å². The SMILES string of the molecule is CCC(CC)(CNC(=O)C(CN)c1ccccc1)SC. The molecule has 0 saturated heterocycles. The van der Waals surface area contributed by atoms with Crippen LogP contribution >= 0.6 is 11.8 Å². The lowest BCUT2D eigenvalue weighted by molar-refractivity contribution is -0.122. The van der Waals surface area contributed by atoms with Crippen molar-refractivity contribution in [1.29, 1.82) is 0 Å². The minimum Gasteiger partial charge on any atom is -0.354 e. The van der Waals surface area contributed by atoms with Crippen LogP contribution in [-0.2, 0) is 4.79 Å². The second kappa shape index (κ2) is 8.32. The number of thioether (sulfide) groups is 1. The van der Waals surface area contributed by atoms with E-state index in [4.69, 9.17) is 5.73 Å². The number of hydrogen-bond donors (Lipinski definition) is 2. The van der Waals surface area contributed by atoms with Crippen molar-refractivity contribution < 1.29 is 4.79 Å². The molecule has 0 bridgehead atoms. The van der Waals surface area contributed by atoms with E-state index in [1.54, 1.807) is 0 Å². The lowest BCUT2D eigenvalue weighted by Crippen LogP contribution is -2.42. The molecule has 0 spiro atoms. The number of nitrogens with one attached hydrogen (secondary N) is 1. The Morgan fingerprint density at radius 1 is 1.30 bits per heavy atom. The summed E-state index contributed by atoms with van der Waals surface area (Å²) in [6.45, 7) is 5.37. The first kappa shape index (κ1) is 17.1. The van der Waals surface area contributed by atoms with E-state index < -0.39 is 0 Å². The summed E-state index contributed by atoms with van der Waals surface area (Å²) in [6, 6.07) is 9.74. The summed E-state index contributed by atoms with van der Waals surface area (Å²) in [4.78, 5) is 12.4. The third kappa shape index (κ3) is 4.25. The monoisotopic (exact) mass is 294 g/mol. The predicted octanol–water partition coefficient (Wildman–Crippen LogP) is 2.77. The van der Waals surface area contributed by atoms with Gasteiger partial charge in [0.15, 0.2) is 0 Å². The zero-order valence-corrected chi connectivity index (χ0v) is 13.5. The molecule has 0 aliphatic rings. The Morgan fingerprint density at radius 3 is 2.35 bits per heavy atom. The lowest BCUT2D eigenvalue weighted by atomic mass is 9.97. The Morgan fingerprint density at radius 2 is 1.90 bits per heavy atom. The van der Waals surface area contributed by atoms with Gasteiger partial charge in [0.2, 0.25) is 5.91 Å². The number of benzene rings is 1. The minimum atomic E-state index is -0.260. The molecule has 20 heavy (non-hydrogen) atoms. The van der Waals surface area contributed by atoms with Crippen molar-refractivity contribution in [3.8, 4) is 0 Å². The molecule has 1 atom stereocenters. The van der Waals surface area contributed by atoms with Gasteiger partial charge in [0.05, 0.1) is 5.92 Å². The first-order valence-corrected chi connectivity index (χ1v) is 8.42. The molecule has 1 amide bonds. The molecule has 1 aromatic carbocycles. The highest BCUT2D eigenvalue weighted by Gasteiger charge is 2.27. The molecule has 0 aromatic heterocycles. The summed E-state index contributed by atoms with van der Waals surface area (Å²) < 4.78 is 0.130. The van der Waals surface area contributed by atoms with E-state index in [1.165, 1.54) is 0 Å². The van der Waals surface area contributed by atoms with Crippen LogP contribution in [0.4, 0.5) is 0 Å². The smallest absolute Gasteiger partial charge is 0.228 e. The summed E-state index contributed by atoms with van der Waals surface area (Å²) in [6.07, 6.45) is 4.20. The fourth-order valence-electron chi connectivity index (χ4n) is 2.31. The van der Waals surface area contributed by atoms with Gasteiger partial charge in [-0.1, -0.05) is 44.2 Å². The van der Waals surface area contributed by atoms with Gasteiger partial charge in [0.25, 0.3) is 0 Å². The fourth-order valence-corrected chi connectivity index (χ4v) is 3.11. The molecular weight excluding hydrogens is 268 g/mol. The number of rotatable bonds is 8. The van der Waals surface area contributed by atoms with E-state index in [9.17, 15) is 4.79 Å². The molecule has 4 heteroatoms. The van der Waals surface area contributed by atoms with Crippen molar-refractivity contribution in [3.63, 3.8) is 0 Å². The molecule has 0 heterocycles. The largest absolute Gasteiger partial charge is 0.354 e. The van der Waals surface area contributed by atoms with Crippen molar-refractivity contribution in [2.75, 3.05) is 19.3 Å². The van der Waals surface area contributed by atoms with Crippen LogP contribution in [0, 0.1) is 0 Å². The van der Waals surface area contributed by atoms with Gasteiger partial charge >= 0.3 is 0 Å². The van der Waals surface area contributed by atoms with Crippen LogP contribution in [0.25, 0.3) is 0 Å². The van der Waals surface area contributed by atoms with Crippen LogP contribution in [0.3, 0.4) is 0 Å². The molecule has 0 radical (unpaired) electrons. The molecule has 112 valence electrons. The maximum absolute atomic E-state index is 12.4. The fraction of sp³-hybridized carbons (Fsp3) is 0.562. The van der Waals surface area contributed by atoms with E-state index in [0.717, 1.165) is 18.4 Å². The van der Waals surface area contributed by atoms with E-state index in [1.807, 2.05) is 42.1 Å². The molecular formula is C16H26N2OS. The van der Waals surface area contributed by atoms with Crippen molar-refractivity contribution >= 4 is 17.7 Å². The summed E-state index contributed by atoms with van der Waals surface area (Å²) in [5, 5.41) is 3.09. The molecule has 1 rings (SSSR count). The van der Waals surface area contributed by atoms with Crippen molar-refractivity contribution in [2.24, 2.45) is 5.73 Å². The van der Waals surface area contributed by atoms with Crippen LogP contribution in [0.1, 0.15) is 38.2 Å². The Balaban J connectivity index is 2.69. The van der Waals surface area contributed by atoms with E-state index in [0.29, 0.717) is 13.1 Å². The minimum absolute atomic E-state index is 0.0269. The van der Waals surface area contributed by atoms with Crippen LogP contribution in [0.5, 0.6) is 0 Å². The Hall–Kier alpha value is -1.00. The number of nitrogens with two attached hydrogens (primary N) is 1. The number of carbonyl (C=O) groups is 1. The van der Waals surface area contributed by atoms with Gasteiger partial charge in [-0.25, -0.2) is 0 Å². The van der Waals surface area contributed by atoms with Gasteiger partial charge in [0.1, 0.15) is 0 Å². The van der Waals surface area contributed by atoms with E-state index in [2.05, 4.69) is 25.4 Å². The van der Waals surface area contributed by atoms with Crippen LogP contribution in [0.2, 0.25) is 0 Å². The molecule has 1 aromatic rings. The lowest BCUT2D eigenvalue weighted by Gasteiger charge is -2.30. The van der Waals surface area contributed by atoms with E-state index in [-0.39, 0.29) is 16.6 Å². The van der Waals surface area contributed by atoms with Crippen molar-refractivity contribution in [1.82, 2.24) is 5.32 Å². The van der Waals surface area contributed by atoms with Gasteiger partial charge < -0.3 is 11.1 Å². The normalized spacial score (nSPS) is 13.0. The molecule has 3 nitrogen and oxygen atoms in total. The molecule has 0 aliphatic carbocycles. The number of amides is 1. The highest BCUT2D eigenvalue weighted by atomic mass is 32.2. The average Bonchev–Trinajstić information content (AvgIpc) is 2.51. The summed E-state index contributed by atoms with van der Waals surface area (Å²) >= 11 is 1.83. The van der Waals surface area contributed by atoms with Crippen LogP contribution in [0.15, 0.2) is 30.3 Å². The van der Waals surface area contributed by atoms with Gasteiger partial charge in [0, 0.05) is 17.8 Å². The second-order valence-corrected chi connectivity index (χ2v) is 6.29. The Kier molecular flexibility index (Phi) is 7.10. The molecule has 3 N–H and O–H groups in total. The molecule has 0 saturated carbocycles. The maximum Gasteiger partial charge on any atom is 0.228 e. The zero-order chi connectivity index (χ0) is 15.0. The average molecular weight is 294 g/mol. The zero-order valence-electron chi connectivity index (χ0n) is 12.7.